The van der Waals surface area contributed by atoms with Crippen LogP contribution in [-0.4, -0.2) is 28.1 Å². The average molecular weight is 349 g/mol. The molecule has 19 heavy (non-hydrogen) atoms. The minimum absolute atomic E-state index is 0.136. The van der Waals surface area contributed by atoms with Crippen LogP contribution in [-0.2, 0) is 10.0 Å². The molecule has 0 saturated carbocycles. The minimum atomic E-state index is -3.83. The van der Waals surface area contributed by atoms with E-state index in [2.05, 4.69) is 26.0 Å². The van der Waals surface area contributed by atoms with Gasteiger partial charge in [-0.05, 0) is 41.0 Å². The standard InChI is InChI=1S/C12H14BrFN2O2S/c13-10-2-1-3-11(12(10)14)19(17,18)16-8-9-4-6-15-7-5-9/h1-4,15-16H,5-8H2. The maximum Gasteiger partial charge on any atom is 0.243 e. The maximum absolute atomic E-state index is 13.8. The third-order valence-electron chi connectivity index (χ3n) is 2.85. The molecule has 1 heterocycles. The summed E-state index contributed by atoms with van der Waals surface area (Å²) < 4.78 is 40.4. The molecule has 0 amide bonds. The van der Waals surface area contributed by atoms with E-state index in [0.717, 1.165) is 25.1 Å². The van der Waals surface area contributed by atoms with E-state index >= 15 is 0 Å². The van der Waals surface area contributed by atoms with Gasteiger partial charge in [-0.2, -0.15) is 0 Å². The monoisotopic (exact) mass is 348 g/mol. The number of hydrogen-bond acceptors (Lipinski definition) is 3. The van der Waals surface area contributed by atoms with Crippen molar-refractivity contribution in [3.63, 3.8) is 0 Å². The van der Waals surface area contributed by atoms with Crippen molar-refractivity contribution in [2.45, 2.75) is 11.3 Å². The predicted octanol–water partition coefficient (Wildman–Crippen LogP) is 1.79. The summed E-state index contributed by atoms with van der Waals surface area (Å²) in [4.78, 5) is -0.337. The molecule has 1 aromatic carbocycles. The first-order chi connectivity index (χ1) is 9.00. The van der Waals surface area contributed by atoms with Crippen LogP contribution in [0.5, 0.6) is 0 Å². The zero-order valence-electron chi connectivity index (χ0n) is 10.1. The summed E-state index contributed by atoms with van der Waals surface area (Å²) in [6.07, 6.45) is 2.74. The van der Waals surface area contributed by atoms with E-state index in [1.807, 2.05) is 6.08 Å². The summed E-state index contributed by atoms with van der Waals surface area (Å²) in [5.74, 6) is -0.769. The molecule has 0 radical (unpaired) electrons. The van der Waals surface area contributed by atoms with E-state index in [4.69, 9.17) is 0 Å². The van der Waals surface area contributed by atoms with E-state index < -0.39 is 15.8 Å². The van der Waals surface area contributed by atoms with Gasteiger partial charge in [-0.1, -0.05) is 17.7 Å². The molecule has 0 unspecified atom stereocenters. The van der Waals surface area contributed by atoms with Crippen LogP contribution in [0.3, 0.4) is 0 Å². The molecule has 0 aromatic heterocycles. The number of rotatable bonds is 4. The van der Waals surface area contributed by atoms with Gasteiger partial charge >= 0.3 is 0 Å². The van der Waals surface area contributed by atoms with Crippen molar-refractivity contribution in [2.75, 3.05) is 19.6 Å². The highest BCUT2D eigenvalue weighted by Gasteiger charge is 2.20. The van der Waals surface area contributed by atoms with Gasteiger partial charge in [-0.25, -0.2) is 17.5 Å². The molecule has 1 aliphatic heterocycles. The molecule has 2 N–H and O–H groups in total. The van der Waals surface area contributed by atoms with Crippen LogP contribution in [0, 0.1) is 5.82 Å². The summed E-state index contributed by atoms with van der Waals surface area (Å²) in [5.41, 5.74) is 1.01. The lowest BCUT2D eigenvalue weighted by Gasteiger charge is -2.15. The summed E-state index contributed by atoms with van der Waals surface area (Å²) in [7, 11) is -3.83. The maximum atomic E-state index is 13.8. The van der Waals surface area contributed by atoms with E-state index in [0.29, 0.717) is 0 Å². The lowest BCUT2D eigenvalue weighted by molar-refractivity contribution is 0.555. The first-order valence-corrected chi connectivity index (χ1v) is 8.10. The van der Waals surface area contributed by atoms with Crippen molar-refractivity contribution in [3.05, 3.63) is 40.1 Å². The fourth-order valence-corrected chi connectivity index (χ4v) is 3.42. The van der Waals surface area contributed by atoms with Crippen LogP contribution >= 0.6 is 15.9 Å². The molecule has 0 atom stereocenters. The molecule has 0 bridgehead atoms. The molecule has 0 aliphatic carbocycles. The Morgan fingerprint density at radius 1 is 1.42 bits per heavy atom. The molecule has 1 aliphatic rings. The average Bonchev–Trinajstić information content (AvgIpc) is 2.41. The Labute approximate surface area is 120 Å². The topological polar surface area (TPSA) is 58.2 Å². The number of halogens is 2. The van der Waals surface area contributed by atoms with E-state index in [9.17, 15) is 12.8 Å². The fraction of sp³-hybridized carbons (Fsp3) is 0.333. The van der Waals surface area contributed by atoms with Crippen LogP contribution in [0.25, 0.3) is 0 Å². The molecule has 7 heteroatoms. The van der Waals surface area contributed by atoms with Gasteiger partial charge in [-0.15, -0.1) is 0 Å². The van der Waals surface area contributed by atoms with Crippen LogP contribution in [0.4, 0.5) is 4.39 Å². The summed E-state index contributed by atoms with van der Waals surface area (Å²) in [6.45, 7) is 1.79. The lowest BCUT2D eigenvalue weighted by atomic mass is 10.1. The Morgan fingerprint density at radius 2 is 2.21 bits per heavy atom. The van der Waals surface area contributed by atoms with Crippen molar-refractivity contribution >= 4 is 26.0 Å². The SMILES string of the molecule is O=S(=O)(NCC1=CCNCC1)c1cccc(Br)c1F. The molecule has 4 nitrogen and oxygen atoms in total. The van der Waals surface area contributed by atoms with Gasteiger partial charge in [0, 0.05) is 13.1 Å². The zero-order valence-corrected chi connectivity index (χ0v) is 12.5. The molecule has 1 aromatic rings. The molecule has 104 valence electrons. The van der Waals surface area contributed by atoms with Crippen molar-refractivity contribution in [3.8, 4) is 0 Å². The molecule has 2 rings (SSSR count). The van der Waals surface area contributed by atoms with E-state index in [-0.39, 0.29) is 15.9 Å². The number of benzene rings is 1. The highest BCUT2D eigenvalue weighted by Crippen LogP contribution is 2.22. The predicted molar refractivity (Wildman–Crippen MR) is 74.9 cm³/mol. The van der Waals surface area contributed by atoms with Crippen LogP contribution in [0.15, 0.2) is 39.2 Å². The second kappa shape index (κ2) is 6.13. The van der Waals surface area contributed by atoms with E-state index in [1.165, 1.54) is 18.2 Å². The zero-order chi connectivity index (χ0) is 13.9. The number of nitrogens with one attached hydrogen (secondary N) is 2. The van der Waals surface area contributed by atoms with Gasteiger partial charge in [0.15, 0.2) is 5.82 Å². The molecular weight excluding hydrogens is 335 g/mol. The van der Waals surface area contributed by atoms with Crippen LogP contribution in [0.1, 0.15) is 6.42 Å². The van der Waals surface area contributed by atoms with Crippen LogP contribution in [0.2, 0.25) is 0 Å². The third kappa shape index (κ3) is 3.62. The normalized spacial score (nSPS) is 16.2. The van der Waals surface area contributed by atoms with Crippen molar-refractivity contribution < 1.29 is 12.8 Å². The summed E-state index contributed by atoms with van der Waals surface area (Å²) >= 11 is 2.98. The molecule has 0 fully saturated rings. The molecule has 0 saturated heterocycles. The Balaban J connectivity index is 2.14. The molecular formula is C12H14BrFN2O2S. The summed E-state index contributed by atoms with van der Waals surface area (Å²) in [6, 6.07) is 4.20. The van der Waals surface area contributed by atoms with E-state index in [1.54, 1.807) is 0 Å². The Bertz CT molecular complexity index is 602. The third-order valence-corrected chi connectivity index (χ3v) is 4.88. The van der Waals surface area contributed by atoms with Gasteiger partial charge in [0.25, 0.3) is 0 Å². The first kappa shape index (κ1) is 14.6. The van der Waals surface area contributed by atoms with Crippen molar-refractivity contribution in [1.82, 2.24) is 10.0 Å². The highest BCUT2D eigenvalue weighted by atomic mass is 79.9. The van der Waals surface area contributed by atoms with Gasteiger partial charge in [0.1, 0.15) is 4.90 Å². The van der Waals surface area contributed by atoms with Gasteiger partial charge in [0.2, 0.25) is 10.0 Å². The van der Waals surface area contributed by atoms with Crippen molar-refractivity contribution in [1.29, 1.82) is 0 Å². The number of sulfonamides is 1. The van der Waals surface area contributed by atoms with Gasteiger partial charge < -0.3 is 5.32 Å². The first-order valence-electron chi connectivity index (χ1n) is 5.83. The van der Waals surface area contributed by atoms with Crippen LogP contribution < -0.4 is 10.0 Å². The lowest BCUT2D eigenvalue weighted by Crippen LogP contribution is -2.30. The fourth-order valence-electron chi connectivity index (χ4n) is 1.79. The van der Waals surface area contributed by atoms with Gasteiger partial charge in [-0.3, -0.25) is 0 Å². The van der Waals surface area contributed by atoms with Crippen molar-refractivity contribution in [2.24, 2.45) is 0 Å². The smallest absolute Gasteiger partial charge is 0.243 e. The largest absolute Gasteiger partial charge is 0.313 e. The highest BCUT2D eigenvalue weighted by molar-refractivity contribution is 9.10. The quantitative estimate of drug-likeness (QED) is 0.815. The van der Waals surface area contributed by atoms with Gasteiger partial charge in [0.05, 0.1) is 4.47 Å². The summed E-state index contributed by atoms with van der Waals surface area (Å²) in [5, 5.41) is 3.14. The number of hydrogen-bond donors (Lipinski definition) is 2. The Kier molecular flexibility index (Phi) is 4.72. The minimum Gasteiger partial charge on any atom is -0.313 e. The molecule has 0 spiro atoms. The Hall–Kier alpha value is -0.760. The Morgan fingerprint density at radius 3 is 2.89 bits per heavy atom. The second-order valence-corrected chi connectivity index (χ2v) is 6.78. The second-order valence-electron chi connectivity index (χ2n) is 4.19.